The molecule has 1 nitrogen and oxygen atoms in total. The van der Waals surface area contributed by atoms with Crippen molar-refractivity contribution in [2.24, 2.45) is 5.92 Å². The van der Waals surface area contributed by atoms with Gasteiger partial charge in [0.25, 0.3) is 0 Å². The predicted octanol–water partition coefficient (Wildman–Crippen LogP) is 8.25. The Hall–Kier alpha value is -2.75. The Labute approximate surface area is 194 Å². The number of ether oxygens (including phenoxy) is 1. The van der Waals surface area contributed by atoms with E-state index < -0.39 is 11.6 Å². The fourth-order valence-corrected chi connectivity index (χ4v) is 4.80. The summed E-state index contributed by atoms with van der Waals surface area (Å²) in [6.45, 7) is 4.56. The minimum Gasteiger partial charge on any atom is -0.494 e. The molecule has 3 aromatic rings. The molecule has 3 aromatic carbocycles. The summed E-state index contributed by atoms with van der Waals surface area (Å²) in [5.74, 6) is -0.411. The van der Waals surface area contributed by atoms with Gasteiger partial charge in [-0.25, -0.2) is 13.2 Å². The second-order valence-corrected chi connectivity index (χ2v) is 9.17. The van der Waals surface area contributed by atoms with Crippen LogP contribution < -0.4 is 4.74 Å². The van der Waals surface area contributed by atoms with Gasteiger partial charge in [-0.05, 0) is 78.8 Å². The van der Waals surface area contributed by atoms with Crippen molar-refractivity contribution in [1.29, 1.82) is 0 Å². The number of aryl methyl sites for hydroxylation is 2. The Kier molecular flexibility index (Phi) is 7.42. The molecular weight excluding hydrogens is 421 g/mol. The Bertz CT molecular complexity index is 1080. The predicted molar refractivity (Wildman–Crippen MR) is 127 cm³/mol. The molecule has 33 heavy (non-hydrogen) atoms. The molecule has 1 saturated carbocycles. The zero-order chi connectivity index (χ0) is 23.4. The number of halogens is 3. The largest absolute Gasteiger partial charge is 0.494 e. The van der Waals surface area contributed by atoms with Gasteiger partial charge in [-0.2, -0.15) is 0 Å². The topological polar surface area (TPSA) is 9.23 Å². The van der Waals surface area contributed by atoms with Crippen LogP contribution in [0.2, 0.25) is 0 Å². The lowest BCUT2D eigenvalue weighted by Crippen LogP contribution is -2.13. The van der Waals surface area contributed by atoms with Crippen LogP contribution in [0.15, 0.2) is 54.6 Å². The summed E-state index contributed by atoms with van der Waals surface area (Å²) < 4.78 is 49.4. The van der Waals surface area contributed by atoms with Crippen molar-refractivity contribution < 1.29 is 17.9 Å². The van der Waals surface area contributed by atoms with E-state index in [-0.39, 0.29) is 11.7 Å². The van der Waals surface area contributed by atoms with Gasteiger partial charge in [-0.1, -0.05) is 56.2 Å². The third-order valence-corrected chi connectivity index (χ3v) is 6.85. The molecule has 0 atom stereocenters. The zero-order valence-electron chi connectivity index (χ0n) is 19.3. The molecule has 0 amide bonds. The van der Waals surface area contributed by atoms with E-state index in [0.29, 0.717) is 47.8 Å². The first-order chi connectivity index (χ1) is 16.0. The highest BCUT2D eigenvalue weighted by molar-refractivity contribution is 5.65. The van der Waals surface area contributed by atoms with Gasteiger partial charge in [-0.3, -0.25) is 0 Å². The van der Waals surface area contributed by atoms with Crippen LogP contribution in [0.4, 0.5) is 13.2 Å². The lowest BCUT2D eigenvalue weighted by atomic mass is 9.79. The molecular formula is C29H31F3O. The molecule has 1 fully saturated rings. The second-order valence-electron chi connectivity index (χ2n) is 9.17. The summed E-state index contributed by atoms with van der Waals surface area (Å²) in [6.07, 6.45) is 5.01. The minimum atomic E-state index is -0.709. The van der Waals surface area contributed by atoms with Crippen LogP contribution in [-0.2, 0) is 12.8 Å². The Morgan fingerprint density at radius 3 is 2.21 bits per heavy atom. The normalized spacial score (nSPS) is 18.3. The number of hydrogen-bond acceptors (Lipinski definition) is 1. The first-order valence-electron chi connectivity index (χ1n) is 11.9. The molecule has 0 heterocycles. The summed E-state index contributed by atoms with van der Waals surface area (Å²) in [5.41, 5.74) is 3.20. The van der Waals surface area contributed by atoms with Crippen LogP contribution in [0.1, 0.15) is 62.1 Å². The van der Waals surface area contributed by atoms with Crippen molar-refractivity contribution in [3.8, 4) is 16.9 Å². The number of hydrogen-bond donors (Lipinski definition) is 0. The summed E-state index contributed by atoms with van der Waals surface area (Å²) in [6, 6.07) is 15.9. The van der Waals surface area contributed by atoms with E-state index in [1.807, 2.05) is 31.2 Å². The molecule has 0 aromatic heterocycles. The van der Waals surface area contributed by atoms with Crippen LogP contribution in [0.25, 0.3) is 11.1 Å². The lowest BCUT2D eigenvalue weighted by Gasteiger charge is -2.27. The third-order valence-electron chi connectivity index (χ3n) is 6.85. The molecule has 0 radical (unpaired) electrons. The van der Waals surface area contributed by atoms with Gasteiger partial charge in [0.15, 0.2) is 11.6 Å². The summed E-state index contributed by atoms with van der Waals surface area (Å²) >= 11 is 0. The van der Waals surface area contributed by atoms with Crippen LogP contribution >= 0.6 is 0 Å². The van der Waals surface area contributed by atoms with Crippen molar-refractivity contribution in [3.05, 3.63) is 88.7 Å². The van der Waals surface area contributed by atoms with E-state index in [9.17, 15) is 13.2 Å². The quantitative estimate of drug-likeness (QED) is 0.351. The Morgan fingerprint density at radius 1 is 0.818 bits per heavy atom. The van der Waals surface area contributed by atoms with E-state index >= 15 is 0 Å². The van der Waals surface area contributed by atoms with Crippen LogP contribution in [0.5, 0.6) is 5.75 Å². The van der Waals surface area contributed by atoms with Gasteiger partial charge in [0, 0.05) is 11.6 Å². The zero-order valence-corrected chi connectivity index (χ0v) is 19.3. The standard InChI is InChI=1S/C29H31F3O/c1-3-33-24-15-17-25(27(30)18-24)21-11-6-20(7-12-21)8-13-23-14-16-26(29(32)28(23)31)22-9-4-19(2)5-10-22/h6-7,11-12,14-19,22H,3-5,8-10,13H2,1-2H3. The Morgan fingerprint density at radius 2 is 1.55 bits per heavy atom. The SMILES string of the molecule is CCOc1ccc(-c2ccc(CCc3ccc(C4CCC(C)CC4)c(F)c3F)cc2)c(F)c1. The average Bonchev–Trinajstić information content (AvgIpc) is 2.82. The molecule has 1 aliphatic rings. The summed E-state index contributed by atoms with van der Waals surface area (Å²) in [4.78, 5) is 0. The van der Waals surface area contributed by atoms with E-state index in [0.717, 1.165) is 36.8 Å². The highest BCUT2D eigenvalue weighted by Crippen LogP contribution is 2.37. The Balaban J connectivity index is 1.42. The first kappa shape index (κ1) is 23.4. The molecule has 0 unspecified atom stereocenters. The van der Waals surface area contributed by atoms with E-state index in [4.69, 9.17) is 4.74 Å². The molecule has 4 rings (SSSR count). The smallest absolute Gasteiger partial charge is 0.162 e. The van der Waals surface area contributed by atoms with Gasteiger partial charge < -0.3 is 4.74 Å². The van der Waals surface area contributed by atoms with Crippen molar-refractivity contribution in [3.63, 3.8) is 0 Å². The minimum absolute atomic E-state index is 0.125. The van der Waals surface area contributed by atoms with Gasteiger partial charge >= 0.3 is 0 Å². The maximum absolute atomic E-state index is 14.8. The molecule has 174 valence electrons. The third kappa shape index (κ3) is 5.43. The molecule has 1 aliphatic carbocycles. The lowest BCUT2D eigenvalue weighted by molar-refractivity contribution is 0.338. The van der Waals surface area contributed by atoms with E-state index in [1.54, 1.807) is 24.3 Å². The van der Waals surface area contributed by atoms with Crippen LogP contribution in [0, 0.1) is 23.4 Å². The molecule has 4 heteroatoms. The van der Waals surface area contributed by atoms with Crippen molar-refractivity contribution in [2.75, 3.05) is 6.61 Å². The maximum atomic E-state index is 14.8. The fourth-order valence-electron chi connectivity index (χ4n) is 4.80. The molecule has 0 aliphatic heterocycles. The second kappa shape index (κ2) is 10.5. The number of benzene rings is 3. The van der Waals surface area contributed by atoms with Crippen molar-refractivity contribution in [2.45, 2.75) is 58.3 Å². The van der Waals surface area contributed by atoms with Gasteiger partial charge in [0.1, 0.15) is 11.6 Å². The molecule has 0 spiro atoms. The molecule has 0 N–H and O–H groups in total. The number of rotatable bonds is 7. The average molecular weight is 453 g/mol. The van der Waals surface area contributed by atoms with Crippen LogP contribution in [-0.4, -0.2) is 6.61 Å². The van der Waals surface area contributed by atoms with Gasteiger partial charge in [-0.15, -0.1) is 0 Å². The maximum Gasteiger partial charge on any atom is 0.162 e. The van der Waals surface area contributed by atoms with Crippen LogP contribution in [0.3, 0.4) is 0 Å². The molecule has 0 bridgehead atoms. The monoisotopic (exact) mass is 452 g/mol. The first-order valence-corrected chi connectivity index (χ1v) is 11.9. The molecule has 0 saturated heterocycles. The van der Waals surface area contributed by atoms with Crippen molar-refractivity contribution in [1.82, 2.24) is 0 Å². The van der Waals surface area contributed by atoms with Gasteiger partial charge in [0.05, 0.1) is 6.61 Å². The van der Waals surface area contributed by atoms with Gasteiger partial charge in [0.2, 0.25) is 0 Å². The summed E-state index contributed by atoms with van der Waals surface area (Å²) in [5, 5.41) is 0. The van der Waals surface area contributed by atoms with Crippen molar-refractivity contribution >= 4 is 0 Å². The highest BCUT2D eigenvalue weighted by atomic mass is 19.2. The fraction of sp³-hybridized carbons (Fsp3) is 0.379. The highest BCUT2D eigenvalue weighted by Gasteiger charge is 2.24. The van der Waals surface area contributed by atoms with E-state index in [1.165, 1.54) is 6.07 Å². The summed E-state index contributed by atoms with van der Waals surface area (Å²) in [7, 11) is 0. The van der Waals surface area contributed by atoms with E-state index in [2.05, 4.69) is 6.92 Å².